The molecule has 3 aliphatic rings. The highest BCUT2D eigenvalue weighted by molar-refractivity contribution is 5.92. The van der Waals surface area contributed by atoms with Gasteiger partial charge in [0.05, 0.1) is 11.5 Å². The Balaban J connectivity index is 0.00000135. The molecule has 1 aliphatic carbocycles. The molecule has 0 amide bonds. The van der Waals surface area contributed by atoms with Crippen molar-refractivity contribution in [3.05, 3.63) is 65.2 Å². The van der Waals surface area contributed by atoms with E-state index in [0.29, 0.717) is 18.1 Å². The Morgan fingerprint density at radius 3 is 2.65 bits per heavy atom. The minimum atomic E-state index is 0. The summed E-state index contributed by atoms with van der Waals surface area (Å²) < 4.78 is 8.95. The van der Waals surface area contributed by atoms with Crippen molar-refractivity contribution in [1.29, 1.82) is 0 Å². The number of aryl methyl sites for hydroxylation is 1. The van der Waals surface area contributed by atoms with Crippen LogP contribution in [0.4, 0.5) is 5.69 Å². The highest BCUT2D eigenvalue weighted by atomic mass is 127. The second-order valence-corrected chi connectivity index (χ2v) is 6.74. The van der Waals surface area contributed by atoms with Crippen LogP contribution in [0.5, 0.6) is 0 Å². The third-order valence-electron chi connectivity index (χ3n) is 5.51. The molecule has 1 saturated carbocycles. The molecule has 5 rings (SSSR count). The molecular formula is C20H20INO. The maximum atomic E-state index is 6.44. The Hall–Kier alpha value is -1.36. The van der Waals surface area contributed by atoms with Crippen LogP contribution in [0.2, 0.25) is 0 Å². The summed E-state index contributed by atoms with van der Waals surface area (Å²) in [6, 6.07) is 17.9. The third kappa shape index (κ3) is 2.09. The number of ether oxygens (including phenoxy) is 1. The first-order chi connectivity index (χ1) is 10.8. The molecule has 2 heterocycles. The molecule has 3 heteroatoms. The van der Waals surface area contributed by atoms with Crippen molar-refractivity contribution in [2.45, 2.75) is 44.2 Å². The van der Waals surface area contributed by atoms with Crippen LogP contribution in [0, 0.1) is 6.92 Å². The van der Waals surface area contributed by atoms with E-state index in [1.54, 1.807) is 0 Å². The first kappa shape index (κ1) is 15.2. The van der Waals surface area contributed by atoms with Crippen LogP contribution in [0.3, 0.4) is 0 Å². The Morgan fingerprint density at radius 1 is 1.00 bits per heavy atom. The van der Waals surface area contributed by atoms with E-state index < -0.39 is 0 Å². The van der Waals surface area contributed by atoms with Crippen molar-refractivity contribution in [3.63, 3.8) is 0 Å². The van der Waals surface area contributed by atoms with Gasteiger partial charge >= 0.3 is 5.90 Å². The standard InChI is InChI=1S/C20H20NO.HI/c1-13-7-5-10-15-16-11-6-12-17-19(16)21(18(13)15)20(22-17)14-8-3-2-4-9-14;/h2-5,7-10,16-17,19H,6,11-12H2,1H3;1H/q+1;/p-1. The second-order valence-electron chi connectivity index (χ2n) is 6.74. The fraction of sp³-hybridized carbons (Fsp3) is 0.350. The molecule has 0 saturated heterocycles. The van der Waals surface area contributed by atoms with E-state index in [9.17, 15) is 0 Å². The Morgan fingerprint density at radius 2 is 1.83 bits per heavy atom. The van der Waals surface area contributed by atoms with Crippen molar-refractivity contribution < 1.29 is 33.3 Å². The number of nitrogens with zero attached hydrogens (tertiary/aromatic N) is 1. The monoisotopic (exact) mass is 417 g/mol. The molecule has 0 spiro atoms. The van der Waals surface area contributed by atoms with Crippen LogP contribution in [0.1, 0.15) is 41.9 Å². The Bertz CT molecular complexity index is 783. The fourth-order valence-corrected chi connectivity index (χ4v) is 4.64. The lowest BCUT2D eigenvalue weighted by Crippen LogP contribution is -3.00. The summed E-state index contributed by atoms with van der Waals surface area (Å²) >= 11 is 0. The van der Waals surface area contributed by atoms with Gasteiger partial charge in [-0.1, -0.05) is 36.4 Å². The van der Waals surface area contributed by atoms with Gasteiger partial charge in [-0.05, 0) is 38.3 Å². The quantitative estimate of drug-likeness (QED) is 0.501. The van der Waals surface area contributed by atoms with Gasteiger partial charge in [0.2, 0.25) is 11.7 Å². The summed E-state index contributed by atoms with van der Waals surface area (Å²) in [5, 5.41) is 0. The highest BCUT2D eigenvalue weighted by Crippen LogP contribution is 2.51. The van der Waals surface area contributed by atoms with Crippen molar-refractivity contribution >= 4 is 11.6 Å². The molecule has 0 aromatic heterocycles. The van der Waals surface area contributed by atoms with Crippen LogP contribution in [-0.2, 0) is 4.74 Å². The minimum Gasteiger partial charge on any atom is -1.00 e. The van der Waals surface area contributed by atoms with Gasteiger partial charge in [-0.2, -0.15) is 4.58 Å². The van der Waals surface area contributed by atoms with Gasteiger partial charge in [0.1, 0.15) is 0 Å². The van der Waals surface area contributed by atoms with Crippen LogP contribution in [-0.4, -0.2) is 22.6 Å². The zero-order valence-electron chi connectivity index (χ0n) is 13.2. The number of rotatable bonds is 1. The predicted octanol–water partition coefficient (Wildman–Crippen LogP) is 1.14. The summed E-state index contributed by atoms with van der Waals surface area (Å²) in [5.74, 6) is 1.70. The number of hydrogen-bond donors (Lipinski definition) is 0. The van der Waals surface area contributed by atoms with E-state index >= 15 is 0 Å². The molecule has 0 radical (unpaired) electrons. The first-order valence-corrected chi connectivity index (χ1v) is 8.32. The molecule has 3 unspecified atom stereocenters. The number of hydrogen-bond acceptors (Lipinski definition) is 1. The van der Waals surface area contributed by atoms with Crippen LogP contribution in [0.15, 0.2) is 48.5 Å². The zero-order chi connectivity index (χ0) is 14.7. The van der Waals surface area contributed by atoms with Crippen molar-refractivity contribution in [1.82, 2.24) is 0 Å². The topological polar surface area (TPSA) is 12.2 Å². The van der Waals surface area contributed by atoms with Gasteiger partial charge in [-0.3, -0.25) is 0 Å². The Labute approximate surface area is 154 Å². The van der Waals surface area contributed by atoms with Crippen LogP contribution >= 0.6 is 0 Å². The van der Waals surface area contributed by atoms with Gasteiger partial charge in [-0.15, -0.1) is 0 Å². The average molecular weight is 417 g/mol. The maximum absolute atomic E-state index is 6.44. The summed E-state index contributed by atoms with van der Waals surface area (Å²) in [6.07, 6.45) is 4.09. The summed E-state index contributed by atoms with van der Waals surface area (Å²) in [6.45, 7) is 2.23. The molecule has 2 aliphatic heterocycles. The van der Waals surface area contributed by atoms with E-state index in [0.717, 1.165) is 5.90 Å². The maximum Gasteiger partial charge on any atom is 0.376 e. The highest BCUT2D eigenvalue weighted by Gasteiger charge is 2.58. The average Bonchev–Trinajstić information content (AvgIpc) is 3.10. The third-order valence-corrected chi connectivity index (χ3v) is 5.51. The van der Waals surface area contributed by atoms with E-state index in [1.165, 1.54) is 41.6 Å². The molecule has 23 heavy (non-hydrogen) atoms. The van der Waals surface area contributed by atoms with E-state index in [2.05, 4.69) is 60.0 Å². The summed E-state index contributed by atoms with van der Waals surface area (Å²) in [4.78, 5) is 0. The minimum absolute atomic E-state index is 0. The second kappa shape index (κ2) is 5.62. The molecule has 2 aromatic rings. The number of fused-ring (bicyclic) bond motifs is 3. The number of benzene rings is 2. The smallest absolute Gasteiger partial charge is 0.376 e. The van der Waals surface area contributed by atoms with E-state index in [-0.39, 0.29) is 24.0 Å². The number of halogens is 1. The van der Waals surface area contributed by atoms with E-state index in [1.807, 2.05) is 0 Å². The lowest BCUT2D eigenvalue weighted by atomic mass is 9.81. The SMILES string of the molecule is Cc1cccc2c1[N+]1=C(c3ccccc3)OC3CCCC2C31.[I-]. The molecule has 1 fully saturated rings. The molecule has 118 valence electrons. The van der Waals surface area contributed by atoms with Gasteiger partial charge in [0.25, 0.3) is 0 Å². The fourth-order valence-electron chi connectivity index (χ4n) is 4.64. The van der Waals surface area contributed by atoms with Gasteiger partial charge in [0.15, 0.2) is 6.10 Å². The largest absolute Gasteiger partial charge is 1.00 e. The molecule has 2 aromatic carbocycles. The van der Waals surface area contributed by atoms with Gasteiger partial charge in [0, 0.05) is 11.1 Å². The Kier molecular flexibility index (Phi) is 3.71. The van der Waals surface area contributed by atoms with Crippen molar-refractivity contribution in [3.8, 4) is 0 Å². The molecule has 0 N–H and O–H groups in total. The normalized spacial score (nSPS) is 27.1. The summed E-state index contributed by atoms with van der Waals surface area (Å²) in [5.41, 5.74) is 5.50. The van der Waals surface area contributed by atoms with Crippen LogP contribution in [0.25, 0.3) is 0 Å². The van der Waals surface area contributed by atoms with Gasteiger partial charge in [-0.25, -0.2) is 0 Å². The van der Waals surface area contributed by atoms with Crippen molar-refractivity contribution in [2.24, 2.45) is 0 Å². The lowest BCUT2D eigenvalue weighted by Gasteiger charge is -2.24. The summed E-state index contributed by atoms with van der Waals surface area (Å²) in [7, 11) is 0. The zero-order valence-corrected chi connectivity index (χ0v) is 15.4. The first-order valence-electron chi connectivity index (χ1n) is 8.32. The number of para-hydroxylation sites is 1. The van der Waals surface area contributed by atoms with Crippen molar-refractivity contribution in [2.75, 3.05) is 0 Å². The molecule has 0 bridgehead atoms. The van der Waals surface area contributed by atoms with Gasteiger partial charge < -0.3 is 28.7 Å². The molecule has 2 nitrogen and oxygen atoms in total. The predicted molar refractivity (Wildman–Crippen MR) is 86.9 cm³/mol. The molecule has 3 atom stereocenters. The van der Waals surface area contributed by atoms with Crippen LogP contribution < -0.4 is 24.0 Å². The van der Waals surface area contributed by atoms with E-state index in [4.69, 9.17) is 4.74 Å². The molecular weight excluding hydrogens is 397 g/mol. The lowest BCUT2D eigenvalue weighted by molar-refractivity contribution is -0.472.